The van der Waals surface area contributed by atoms with Gasteiger partial charge in [0.15, 0.2) is 0 Å². The van der Waals surface area contributed by atoms with Gasteiger partial charge in [-0.25, -0.2) is 0 Å². The summed E-state index contributed by atoms with van der Waals surface area (Å²) < 4.78 is 0. The molecule has 0 aliphatic rings. The van der Waals surface area contributed by atoms with Crippen molar-refractivity contribution in [2.45, 2.75) is 46.1 Å². The van der Waals surface area contributed by atoms with Gasteiger partial charge >= 0.3 is 0 Å². The number of phenolic OH excluding ortho intramolecular Hbond substituents is 1. The fraction of sp³-hybridized carbons (Fsp3) is 0.600. The Morgan fingerprint density at radius 2 is 1.47 bits per heavy atom. The third kappa shape index (κ3) is 5.73. The minimum atomic E-state index is 0.349. The highest BCUT2D eigenvalue weighted by Gasteiger charge is 2.04. The van der Waals surface area contributed by atoms with E-state index in [1.807, 2.05) is 12.1 Å². The molecular weight excluding hydrogens is 210 g/mol. The van der Waals surface area contributed by atoms with E-state index in [1.165, 1.54) is 44.3 Å². The predicted octanol–water partition coefficient (Wildman–Crippen LogP) is 3.79. The predicted molar refractivity (Wildman–Crippen MR) is 73.2 cm³/mol. The van der Waals surface area contributed by atoms with Gasteiger partial charge in [-0.05, 0) is 43.6 Å². The molecule has 0 saturated carbocycles. The maximum Gasteiger partial charge on any atom is 0.115 e. The van der Waals surface area contributed by atoms with Crippen LogP contribution in [0.4, 0.5) is 0 Å². The van der Waals surface area contributed by atoms with Gasteiger partial charge in [-0.3, -0.25) is 4.90 Å². The van der Waals surface area contributed by atoms with Crippen LogP contribution in [0.3, 0.4) is 0 Å². The van der Waals surface area contributed by atoms with E-state index < -0.39 is 0 Å². The standard InChI is InChI=1S/C15H25NO/c1-3-5-11-16(12-6-4-2)13-14-7-9-15(17)10-8-14/h7-10,17H,3-6,11-13H2,1-2H3. The van der Waals surface area contributed by atoms with Gasteiger partial charge in [0.25, 0.3) is 0 Å². The molecule has 0 saturated heterocycles. The molecule has 0 atom stereocenters. The molecule has 1 aromatic rings. The molecule has 0 aliphatic heterocycles. The summed E-state index contributed by atoms with van der Waals surface area (Å²) >= 11 is 0. The van der Waals surface area contributed by atoms with E-state index in [0.717, 1.165) is 6.54 Å². The van der Waals surface area contributed by atoms with Gasteiger partial charge < -0.3 is 5.11 Å². The fourth-order valence-electron chi connectivity index (χ4n) is 1.89. The van der Waals surface area contributed by atoms with E-state index in [4.69, 9.17) is 0 Å². The monoisotopic (exact) mass is 235 g/mol. The molecule has 0 heterocycles. The second kappa shape index (κ2) is 8.13. The SMILES string of the molecule is CCCCN(CCCC)Cc1ccc(O)cc1. The Bertz CT molecular complexity index is 286. The first-order chi connectivity index (χ1) is 8.26. The van der Waals surface area contributed by atoms with E-state index in [9.17, 15) is 5.11 Å². The Hall–Kier alpha value is -1.02. The molecule has 0 fully saturated rings. The van der Waals surface area contributed by atoms with Crippen LogP contribution in [0.2, 0.25) is 0 Å². The van der Waals surface area contributed by atoms with Gasteiger partial charge in [-0.15, -0.1) is 0 Å². The van der Waals surface area contributed by atoms with Crippen molar-refractivity contribution in [1.82, 2.24) is 4.90 Å². The molecule has 17 heavy (non-hydrogen) atoms. The van der Waals surface area contributed by atoms with Gasteiger partial charge in [-0.2, -0.15) is 0 Å². The van der Waals surface area contributed by atoms with Crippen LogP contribution in [-0.4, -0.2) is 23.1 Å². The van der Waals surface area contributed by atoms with Crippen LogP contribution in [0.25, 0.3) is 0 Å². The van der Waals surface area contributed by atoms with E-state index in [2.05, 4.69) is 18.7 Å². The lowest BCUT2D eigenvalue weighted by Gasteiger charge is -2.22. The molecule has 0 amide bonds. The molecule has 1 aromatic carbocycles. The minimum Gasteiger partial charge on any atom is -0.508 e. The number of hydrogen-bond acceptors (Lipinski definition) is 2. The van der Waals surface area contributed by atoms with E-state index >= 15 is 0 Å². The van der Waals surface area contributed by atoms with Crippen molar-refractivity contribution in [3.05, 3.63) is 29.8 Å². The first kappa shape index (κ1) is 14.0. The van der Waals surface area contributed by atoms with Crippen LogP contribution in [-0.2, 0) is 6.54 Å². The van der Waals surface area contributed by atoms with E-state index in [0.29, 0.717) is 5.75 Å². The van der Waals surface area contributed by atoms with E-state index in [-0.39, 0.29) is 0 Å². The summed E-state index contributed by atoms with van der Waals surface area (Å²) in [5.41, 5.74) is 1.29. The topological polar surface area (TPSA) is 23.5 Å². The molecule has 0 radical (unpaired) electrons. The smallest absolute Gasteiger partial charge is 0.115 e. The first-order valence-electron chi connectivity index (χ1n) is 6.76. The van der Waals surface area contributed by atoms with Crippen molar-refractivity contribution in [3.63, 3.8) is 0 Å². The van der Waals surface area contributed by atoms with Crippen LogP contribution in [0.15, 0.2) is 24.3 Å². The largest absolute Gasteiger partial charge is 0.508 e. The molecule has 0 bridgehead atoms. The fourth-order valence-corrected chi connectivity index (χ4v) is 1.89. The second-order valence-electron chi connectivity index (χ2n) is 4.65. The van der Waals surface area contributed by atoms with Gasteiger partial charge in [-0.1, -0.05) is 38.8 Å². The third-order valence-electron chi connectivity index (χ3n) is 3.00. The van der Waals surface area contributed by atoms with Crippen LogP contribution >= 0.6 is 0 Å². The first-order valence-corrected chi connectivity index (χ1v) is 6.76. The molecule has 96 valence electrons. The molecular formula is C15H25NO. The van der Waals surface area contributed by atoms with Crippen molar-refractivity contribution < 1.29 is 5.11 Å². The lowest BCUT2D eigenvalue weighted by Crippen LogP contribution is -2.25. The summed E-state index contributed by atoms with van der Waals surface area (Å²) in [6, 6.07) is 7.57. The van der Waals surface area contributed by atoms with Crippen LogP contribution < -0.4 is 0 Å². The summed E-state index contributed by atoms with van der Waals surface area (Å²) in [4.78, 5) is 2.51. The van der Waals surface area contributed by atoms with Crippen LogP contribution in [0.5, 0.6) is 5.75 Å². The average Bonchev–Trinajstić information content (AvgIpc) is 2.35. The van der Waals surface area contributed by atoms with E-state index in [1.54, 1.807) is 12.1 Å². The Kier molecular flexibility index (Phi) is 6.71. The number of aromatic hydroxyl groups is 1. The molecule has 0 unspecified atom stereocenters. The van der Waals surface area contributed by atoms with Crippen LogP contribution in [0.1, 0.15) is 45.1 Å². The highest BCUT2D eigenvalue weighted by atomic mass is 16.3. The minimum absolute atomic E-state index is 0.349. The number of nitrogens with zero attached hydrogens (tertiary/aromatic N) is 1. The Labute approximate surface area is 105 Å². The maximum absolute atomic E-state index is 9.26. The second-order valence-corrected chi connectivity index (χ2v) is 4.65. The highest BCUT2D eigenvalue weighted by Crippen LogP contribution is 2.12. The summed E-state index contributed by atoms with van der Waals surface area (Å²) in [5.74, 6) is 0.349. The summed E-state index contributed by atoms with van der Waals surface area (Å²) in [7, 11) is 0. The normalized spacial score (nSPS) is 11.0. The van der Waals surface area contributed by atoms with Gasteiger partial charge in [0.05, 0.1) is 0 Å². The zero-order valence-corrected chi connectivity index (χ0v) is 11.2. The van der Waals surface area contributed by atoms with Crippen LogP contribution in [0, 0.1) is 0 Å². The molecule has 2 heteroatoms. The Balaban J connectivity index is 2.48. The molecule has 0 aromatic heterocycles. The van der Waals surface area contributed by atoms with Crippen molar-refractivity contribution in [3.8, 4) is 5.75 Å². The van der Waals surface area contributed by atoms with Gasteiger partial charge in [0.2, 0.25) is 0 Å². The quantitative estimate of drug-likeness (QED) is 0.741. The average molecular weight is 235 g/mol. The van der Waals surface area contributed by atoms with Crippen molar-refractivity contribution in [1.29, 1.82) is 0 Å². The number of phenols is 1. The number of hydrogen-bond donors (Lipinski definition) is 1. The van der Waals surface area contributed by atoms with Gasteiger partial charge in [0.1, 0.15) is 5.75 Å². The Morgan fingerprint density at radius 1 is 0.941 bits per heavy atom. The molecule has 0 aliphatic carbocycles. The van der Waals surface area contributed by atoms with Crippen molar-refractivity contribution in [2.75, 3.05) is 13.1 Å². The third-order valence-corrected chi connectivity index (χ3v) is 3.00. The number of unbranched alkanes of at least 4 members (excludes halogenated alkanes) is 2. The zero-order chi connectivity index (χ0) is 12.5. The molecule has 1 N–H and O–H groups in total. The summed E-state index contributed by atoms with van der Waals surface area (Å²) in [5, 5.41) is 9.26. The number of benzene rings is 1. The van der Waals surface area contributed by atoms with Gasteiger partial charge in [0, 0.05) is 6.54 Å². The summed E-state index contributed by atoms with van der Waals surface area (Å²) in [6.45, 7) is 7.83. The zero-order valence-electron chi connectivity index (χ0n) is 11.2. The molecule has 2 nitrogen and oxygen atoms in total. The lowest BCUT2D eigenvalue weighted by atomic mass is 10.2. The maximum atomic E-state index is 9.26. The Morgan fingerprint density at radius 3 is 1.94 bits per heavy atom. The molecule has 1 rings (SSSR count). The highest BCUT2D eigenvalue weighted by molar-refractivity contribution is 5.25. The number of rotatable bonds is 8. The lowest BCUT2D eigenvalue weighted by molar-refractivity contribution is 0.257. The van der Waals surface area contributed by atoms with Crippen molar-refractivity contribution >= 4 is 0 Å². The molecule has 0 spiro atoms. The summed E-state index contributed by atoms with van der Waals surface area (Å²) in [6.07, 6.45) is 5.03. The van der Waals surface area contributed by atoms with Crippen molar-refractivity contribution in [2.24, 2.45) is 0 Å².